The number of nitrogens with one attached hydrogen (secondary N) is 1. The van der Waals surface area contributed by atoms with Crippen molar-refractivity contribution >= 4 is 38.9 Å². The molecular weight excluding hydrogens is 321 g/mol. The minimum Gasteiger partial charge on any atom is -0.378 e. The Hall–Kier alpha value is -2.29. The number of nitrogens with two attached hydrogens (primary N) is 1. The molecule has 2 rings (SSSR count). The van der Waals surface area contributed by atoms with E-state index in [1.807, 2.05) is 0 Å². The van der Waals surface area contributed by atoms with Crippen molar-refractivity contribution in [1.82, 2.24) is 9.97 Å². The maximum Gasteiger partial charge on any atom is 0.353 e. The number of nitro groups is 1. The highest BCUT2D eigenvalue weighted by Gasteiger charge is 2.21. The molecule has 3 N–H and O–H groups in total. The Morgan fingerprint density at radius 3 is 2.79 bits per heavy atom. The average Bonchev–Trinajstić information content (AvgIpc) is 2.32. The zero-order valence-electron chi connectivity index (χ0n) is 9.30. The van der Waals surface area contributed by atoms with Crippen LogP contribution in [0.15, 0.2) is 29.0 Å². The number of halogens is 2. The summed E-state index contributed by atoms with van der Waals surface area (Å²) in [7, 11) is 0. The van der Waals surface area contributed by atoms with Gasteiger partial charge in [-0.25, -0.2) is 14.4 Å². The number of hydrogen-bond donors (Lipinski definition) is 2. The lowest BCUT2D eigenvalue weighted by molar-refractivity contribution is -0.383. The normalized spacial score (nSPS) is 10.2. The van der Waals surface area contributed by atoms with Gasteiger partial charge in [0.2, 0.25) is 11.6 Å². The van der Waals surface area contributed by atoms with Crippen molar-refractivity contribution in [3.8, 4) is 0 Å². The van der Waals surface area contributed by atoms with Gasteiger partial charge in [0.05, 0.1) is 10.6 Å². The predicted octanol–water partition coefficient (Wildman–Crippen LogP) is 2.61. The van der Waals surface area contributed by atoms with E-state index in [1.54, 1.807) is 0 Å². The molecule has 19 heavy (non-hydrogen) atoms. The van der Waals surface area contributed by atoms with Gasteiger partial charge in [-0.2, -0.15) is 0 Å². The molecule has 0 aliphatic rings. The van der Waals surface area contributed by atoms with E-state index < -0.39 is 16.4 Å². The molecule has 0 unspecified atom stereocenters. The van der Waals surface area contributed by atoms with Gasteiger partial charge < -0.3 is 11.1 Å². The highest BCUT2D eigenvalue weighted by molar-refractivity contribution is 9.10. The van der Waals surface area contributed by atoms with Crippen molar-refractivity contribution in [3.63, 3.8) is 0 Å². The summed E-state index contributed by atoms with van der Waals surface area (Å²) in [5, 5.41) is 13.6. The molecule has 0 atom stereocenters. The first-order valence-corrected chi connectivity index (χ1v) is 5.75. The van der Waals surface area contributed by atoms with Gasteiger partial charge in [-0.05, 0) is 34.1 Å². The Labute approximate surface area is 115 Å². The van der Waals surface area contributed by atoms with Crippen LogP contribution in [0.4, 0.5) is 27.4 Å². The second-order valence-electron chi connectivity index (χ2n) is 3.46. The van der Waals surface area contributed by atoms with Crippen LogP contribution in [0, 0.1) is 15.9 Å². The van der Waals surface area contributed by atoms with Gasteiger partial charge in [0.15, 0.2) is 0 Å². The third-order valence-corrected chi connectivity index (χ3v) is 2.87. The maximum atomic E-state index is 12.9. The van der Waals surface area contributed by atoms with E-state index in [-0.39, 0.29) is 11.6 Å². The predicted molar refractivity (Wildman–Crippen MR) is 70.5 cm³/mol. The van der Waals surface area contributed by atoms with Crippen molar-refractivity contribution in [2.45, 2.75) is 0 Å². The number of hydrogen-bond acceptors (Lipinski definition) is 6. The Bertz CT molecular complexity index is 652. The molecule has 0 spiro atoms. The molecule has 7 nitrogen and oxygen atoms in total. The van der Waals surface area contributed by atoms with E-state index in [0.29, 0.717) is 10.2 Å². The Morgan fingerprint density at radius 1 is 1.42 bits per heavy atom. The van der Waals surface area contributed by atoms with Gasteiger partial charge in [-0.15, -0.1) is 0 Å². The highest BCUT2D eigenvalue weighted by Crippen LogP contribution is 2.32. The van der Waals surface area contributed by atoms with Crippen molar-refractivity contribution in [2.75, 3.05) is 11.1 Å². The number of nitrogens with zero attached hydrogens (tertiary/aromatic N) is 3. The van der Waals surface area contributed by atoms with E-state index in [4.69, 9.17) is 5.73 Å². The minimum atomic E-state index is -0.685. The Morgan fingerprint density at radius 2 is 2.16 bits per heavy atom. The van der Waals surface area contributed by atoms with E-state index >= 15 is 0 Å². The lowest BCUT2D eigenvalue weighted by atomic mass is 10.3. The van der Waals surface area contributed by atoms with E-state index in [1.165, 1.54) is 18.2 Å². The summed E-state index contributed by atoms with van der Waals surface area (Å²) in [6.07, 6.45) is 1.10. The lowest BCUT2D eigenvalue weighted by Gasteiger charge is -2.08. The van der Waals surface area contributed by atoms with Crippen LogP contribution in [0.1, 0.15) is 0 Å². The first-order chi connectivity index (χ1) is 8.99. The second kappa shape index (κ2) is 5.14. The number of benzene rings is 1. The van der Waals surface area contributed by atoms with Crippen LogP contribution in [0.5, 0.6) is 0 Å². The molecule has 1 aromatic carbocycles. The van der Waals surface area contributed by atoms with E-state index in [9.17, 15) is 14.5 Å². The van der Waals surface area contributed by atoms with Gasteiger partial charge in [0, 0.05) is 4.47 Å². The topological polar surface area (TPSA) is 107 Å². The molecule has 0 fully saturated rings. The fourth-order valence-corrected chi connectivity index (χ4v) is 1.83. The molecule has 0 saturated heterocycles. The van der Waals surface area contributed by atoms with Gasteiger partial charge >= 0.3 is 5.69 Å². The molecule has 1 aromatic heterocycles. The summed E-state index contributed by atoms with van der Waals surface area (Å²) in [5.41, 5.74) is 5.42. The first-order valence-electron chi connectivity index (χ1n) is 4.96. The fourth-order valence-electron chi connectivity index (χ4n) is 1.38. The molecule has 0 saturated carbocycles. The molecule has 0 radical (unpaired) electrons. The van der Waals surface area contributed by atoms with Gasteiger partial charge in [0.25, 0.3) is 0 Å². The van der Waals surface area contributed by atoms with Crippen LogP contribution in [0.3, 0.4) is 0 Å². The van der Waals surface area contributed by atoms with Gasteiger partial charge in [-0.1, -0.05) is 0 Å². The monoisotopic (exact) mass is 327 g/mol. The highest BCUT2D eigenvalue weighted by atomic mass is 79.9. The largest absolute Gasteiger partial charge is 0.378 e. The Balaban J connectivity index is 2.44. The molecule has 2 aromatic rings. The molecule has 1 heterocycles. The molecule has 9 heteroatoms. The summed E-state index contributed by atoms with van der Waals surface area (Å²) < 4.78 is 13.3. The van der Waals surface area contributed by atoms with Crippen molar-refractivity contribution in [2.24, 2.45) is 0 Å². The molecule has 0 bridgehead atoms. The van der Waals surface area contributed by atoms with Crippen LogP contribution in [0.2, 0.25) is 0 Å². The lowest BCUT2D eigenvalue weighted by Crippen LogP contribution is -2.05. The summed E-state index contributed by atoms with van der Waals surface area (Å²) in [4.78, 5) is 17.5. The number of rotatable bonds is 3. The first kappa shape index (κ1) is 13.1. The summed E-state index contributed by atoms with van der Waals surface area (Å²) >= 11 is 3.14. The third kappa shape index (κ3) is 2.76. The number of nitrogen functional groups attached to an aromatic ring is 1. The van der Waals surface area contributed by atoms with Gasteiger partial charge in [0.1, 0.15) is 12.1 Å². The zero-order chi connectivity index (χ0) is 14.0. The summed E-state index contributed by atoms with van der Waals surface area (Å²) in [6, 6.07) is 3.85. The molecule has 98 valence electrons. The van der Waals surface area contributed by atoms with Crippen LogP contribution in [-0.4, -0.2) is 14.9 Å². The van der Waals surface area contributed by atoms with Crippen molar-refractivity contribution in [3.05, 3.63) is 44.9 Å². The van der Waals surface area contributed by atoms with Crippen LogP contribution < -0.4 is 11.1 Å². The average molecular weight is 328 g/mol. The number of anilines is 3. The summed E-state index contributed by atoms with van der Waals surface area (Å²) in [5.74, 6) is -0.750. The number of aromatic nitrogens is 2. The minimum absolute atomic E-state index is 0.0650. The Kier molecular flexibility index (Phi) is 3.56. The van der Waals surface area contributed by atoms with Crippen molar-refractivity contribution < 1.29 is 9.31 Å². The van der Waals surface area contributed by atoms with Crippen LogP contribution >= 0.6 is 15.9 Å². The molecule has 0 aliphatic carbocycles. The van der Waals surface area contributed by atoms with E-state index in [2.05, 4.69) is 31.2 Å². The van der Waals surface area contributed by atoms with Crippen molar-refractivity contribution in [1.29, 1.82) is 0 Å². The zero-order valence-corrected chi connectivity index (χ0v) is 10.9. The third-order valence-electron chi connectivity index (χ3n) is 2.22. The quantitative estimate of drug-likeness (QED) is 0.662. The standard InChI is InChI=1S/C10H7BrFN5O2/c11-6-3-5(12)1-2-7(6)16-10-8(17(18)19)9(13)14-4-15-10/h1-4H,(H3,13,14,15,16). The maximum absolute atomic E-state index is 12.9. The molecular formula is C10H7BrFN5O2. The summed E-state index contributed by atoms with van der Waals surface area (Å²) in [6.45, 7) is 0. The SMILES string of the molecule is Nc1ncnc(Nc2ccc(F)cc2Br)c1[N+](=O)[O-]. The van der Waals surface area contributed by atoms with E-state index in [0.717, 1.165) is 6.33 Å². The molecule has 0 amide bonds. The van der Waals surface area contributed by atoms with Crippen LogP contribution in [0.25, 0.3) is 0 Å². The van der Waals surface area contributed by atoms with Crippen LogP contribution in [-0.2, 0) is 0 Å². The smallest absolute Gasteiger partial charge is 0.353 e. The molecule has 0 aliphatic heterocycles. The van der Waals surface area contributed by atoms with Gasteiger partial charge in [-0.3, -0.25) is 10.1 Å². The second-order valence-corrected chi connectivity index (χ2v) is 4.32. The fraction of sp³-hybridized carbons (Fsp3) is 0.